The molecule has 6 heteroatoms. The topological polar surface area (TPSA) is 78.2 Å². The molecule has 2 N–H and O–H groups in total. The second-order valence-electron chi connectivity index (χ2n) is 3.48. The van der Waals surface area contributed by atoms with E-state index in [1.54, 1.807) is 0 Å². The van der Waals surface area contributed by atoms with Crippen LogP contribution in [0.4, 0.5) is 0 Å². The van der Waals surface area contributed by atoms with Crippen molar-refractivity contribution in [1.82, 2.24) is 0 Å². The van der Waals surface area contributed by atoms with Gasteiger partial charge in [-0.1, -0.05) is 0 Å². The van der Waals surface area contributed by atoms with Crippen molar-refractivity contribution in [2.45, 2.75) is 25.7 Å². The van der Waals surface area contributed by atoms with Crippen LogP contribution in [0.2, 0.25) is 0 Å². The van der Waals surface area contributed by atoms with Crippen LogP contribution in [0, 0.1) is 4.78 Å². The third-order valence-corrected chi connectivity index (χ3v) is 5.58. The first-order chi connectivity index (χ1) is 7.10. The van der Waals surface area contributed by atoms with Crippen LogP contribution in [-0.4, -0.2) is 43.6 Å². The molecule has 0 aromatic rings. The summed E-state index contributed by atoms with van der Waals surface area (Å²) in [6.45, 7) is 0. The number of aliphatic hydroxyl groups is 1. The van der Waals surface area contributed by atoms with Crippen LogP contribution < -0.4 is 0 Å². The monoisotopic (exact) mass is 255 g/mol. The van der Waals surface area contributed by atoms with Crippen molar-refractivity contribution in [2.75, 3.05) is 30.1 Å². The number of aliphatic hydroxyl groups excluding tert-OH is 1. The van der Waals surface area contributed by atoms with E-state index in [1.165, 1.54) is 12.8 Å². The highest BCUT2D eigenvalue weighted by molar-refractivity contribution is 7.92. The Morgan fingerprint density at radius 3 is 1.60 bits per heavy atom. The summed E-state index contributed by atoms with van der Waals surface area (Å²) >= 11 is 0. The summed E-state index contributed by atoms with van der Waals surface area (Å²) in [4.78, 5) is 0. The van der Waals surface area contributed by atoms with Gasteiger partial charge in [-0.3, -0.25) is 8.99 Å². The first-order valence-electron chi connectivity index (χ1n) is 5.14. The predicted molar refractivity (Wildman–Crippen MR) is 65.1 cm³/mol. The van der Waals surface area contributed by atoms with E-state index in [9.17, 15) is 8.42 Å². The van der Waals surface area contributed by atoms with Gasteiger partial charge >= 0.3 is 0 Å². The minimum absolute atomic E-state index is 0.423. The molecule has 2 fully saturated rings. The Kier molecular flexibility index (Phi) is 8.27. The van der Waals surface area contributed by atoms with Crippen molar-refractivity contribution in [3.8, 4) is 0 Å². The standard InChI is InChI=1S/C4H9NOS.C4H8OS.CH4O/c5-7(6)3-1-2-4-7;5-6-3-1-2-4-6;1-2/h5H,1-4H2;1-4H2;2H,1H3. The summed E-state index contributed by atoms with van der Waals surface area (Å²) in [5.74, 6) is 3.21. The molecule has 0 saturated carbocycles. The molecule has 0 aromatic carbocycles. The van der Waals surface area contributed by atoms with Crippen LogP contribution in [0.5, 0.6) is 0 Å². The van der Waals surface area contributed by atoms with Gasteiger partial charge in [-0.05, 0) is 25.7 Å². The van der Waals surface area contributed by atoms with E-state index in [1.807, 2.05) is 0 Å². The third kappa shape index (κ3) is 7.93. The zero-order valence-electron chi connectivity index (χ0n) is 9.24. The Morgan fingerprint density at radius 1 is 1.07 bits per heavy atom. The van der Waals surface area contributed by atoms with Crippen LogP contribution in [-0.2, 0) is 20.5 Å². The summed E-state index contributed by atoms with van der Waals surface area (Å²) in [5.41, 5.74) is 0. The Balaban J connectivity index is 0.000000227. The van der Waals surface area contributed by atoms with Gasteiger partial charge in [0.05, 0.1) is 0 Å². The smallest absolute Gasteiger partial charge is 0.0441 e. The van der Waals surface area contributed by atoms with Gasteiger partial charge in [-0.15, -0.1) is 0 Å². The molecule has 2 aliphatic heterocycles. The van der Waals surface area contributed by atoms with Crippen LogP contribution in [0.15, 0.2) is 0 Å². The maximum atomic E-state index is 10.7. The van der Waals surface area contributed by atoms with Crippen LogP contribution in [0.3, 0.4) is 0 Å². The van der Waals surface area contributed by atoms with Crippen LogP contribution in [0.1, 0.15) is 25.7 Å². The van der Waals surface area contributed by atoms with E-state index in [4.69, 9.17) is 9.89 Å². The van der Waals surface area contributed by atoms with Crippen LogP contribution in [0.25, 0.3) is 0 Å². The van der Waals surface area contributed by atoms with E-state index in [0.717, 1.165) is 31.5 Å². The average molecular weight is 255 g/mol. The molecule has 2 saturated heterocycles. The van der Waals surface area contributed by atoms with Crippen molar-refractivity contribution in [2.24, 2.45) is 0 Å². The van der Waals surface area contributed by atoms with E-state index in [2.05, 4.69) is 0 Å². The summed E-state index contributed by atoms with van der Waals surface area (Å²) in [6, 6.07) is 0. The maximum Gasteiger partial charge on any atom is 0.0441 e. The number of hydrogen-bond acceptors (Lipinski definition) is 4. The largest absolute Gasteiger partial charge is 0.400 e. The summed E-state index contributed by atoms with van der Waals surface area (Å²) < 4.78 is 28.0. The zero-order valence-corrected chi connectivity index (χ0v) is 10.9. The Bertz CT molecular complexity index is 255. The molecule has 15 heavy (non-hydrogen) atoms. The maximum absolute atomic E-state index is 10.7. The van der Waals surface area contributed by atoms with Crippen molar-refractivity contribution in [3.63, 3.8) is 0 Å². The SMILES string of the molecule is CO.N=S1(=O)CCCC1.O=S1CCCC1. The molecular weight excluding hydrogens is 234 g/mol. The molecule has 0 aliphatic carbocycles. The molecule has 0 atom stereocenters. The molecular formula is C9H21NO3S2. The zero-order chi connectivity index (χ0) is 11.7. The molecule has 2 rings (SSSR count). The first-order valence-corrected chi connectivity index (χ1v) is 8.52. The predicted octanol–water partition coefficient (Wildman–Crippen LogP) is 0.964. The second-order valence-corrected chi connectivity index (χ2v) is 7.62. The molecule has 0 spiro atoms. The molecule has 0 aromatic heterocycles. The van der Waals surface area contributed by atoms with Gasteiger partial charge < -0.3 is 5.11 Å². The van der Waals surface area contributed by atoms with Crippen LogP contribution >= 0.6 is 0 Å². The van der Waals surface area contributed by atoms with Crippen molar-refractivity contribution >= 4 is 20.5 Å². The fourth-order valence-corrected chi connectivity index (χ4v) is 4.20. The normalized spacial score (nSPS) is 23.6. The first kappa shape index (κ1) is 15.1. The van der Waals surface area contributed by atoms with E-state index in [0.29, 0.717) is 11.5 Å². The molecule has 0 amide bonds. The molecule has 92 valence electrons. The van der Waals surface area contributed by atoms with Gasteiger partial charge in [-0.2, -0.15) is 0 Å². The van der Waals surface area contributed by atoms with Gasteiger partial charge in [0.25, 0.3) is 0 Å². The van der Waals surface area contributed by atoms with E-state index < -0.39 is 20.5 Å². The molecule has 0 radical (unpaired) electrons. The Hall–Kier alpha value is 0.0600. The van der Waals surface area contributed by atoms with Gasteiger partial charge in [0.1, 0.15) is 0 Å². The fourth-order valence-electron chi connectivity index (χ4n) is 1.40. The lowest BCUT2D eigenvalue weighted by Crippen LogP contribution is -1.95. The van der Waals surface area contributed by atoms with Crippen molar-refractivity contribution in [1.29, 1.82) is 4.78 Å². The van der Waals surface area contributed by atoms with Gasteiger partial charge in [0.15, 0.2) is 0 Å². The number of rotatable bonds is 0. The van der Waals surface area contributed by atoms with E-state index in [-0.39, 0.29) is 0 Å². The lowest BCUT2D eigenvalue weighted by Gasteiger charge is -1.87. The summed E-state index contributed by atoms with van der Waals surface area (Å²) in [6.07, 6.45) is 4.38. The second kappa shape index (κ2) is 8.24. The molecule has 0 bridgehead atoms. The lowest BCUT2D eigenvalue weighted by molar-refractivity contribution is 0.399. The average Bonchev–Trinajstić information content (AvgIpc) is 2.81. The summed E-state index contributed by atoms with van der Waals surface area (Å²) in [5, 5.41) is 7.00. The number of hydrogen-bond donors (Lipinski definition) is 2. The Labute approximate surface area is 94.9 Å². The highest BCUT2D eigenvalue weighted by Crippen LogP contribution is 2.09. The Morgan fingerprint density at radius 2 is 1.47 bits per heavy atom. The summed E-state index contributed by atoms with van der Waals surface area (Å²) in [7, 11) is -1.47. The van der Waals surface area contributed by atoms with Gasteiger partial charge in [0.2, 0.25) is 0 Å². The van der Waals surface area contributed by atoms with Gasteiger partial charge in [0, 0.05) is 50.6 Å². The molecule has 4 nitrogen and oxygen atoms in total. The molecule has 2 heterocycles. The third-order valence-electron chi connectivity index (χ3n) is 2.19. The minimum Gasteiger partial charge on any atom is -0.400 e. The van der Waals surface area contributed by atoms with E-state index >= 15 is 0 Å². The number of nitrogens with one attached hydrogen (secondary N) is 1. The lowest BCUT2D eigenvalue weighted by atomic mass is 10.4. The highest BCUT2D eigenvalue weighted by Gasteiger charge is 2.12. The van der Waals surface area contributed by atoms with Gasteiger partial charge in [-0.25, -0.2) is 4.21 Å². The molecule has 2 aliphatic rings. The highest BCUT2D eigenvalue weighted by atomic mass is 32.2. The fraction of sp³-hybridized carbons (Fsp3) is 1.00. The minimum atomic E-state index is -2.05. The van der Waals surface area contributed by atoms with Crippen molar-refractivity contribution in [3.05, 3.63) is 0 Å². The quantitative estimate of drug-likeness (QED) is 0.677. The molecule has 0 unspecified atom stereocenters. The van der Waals surface area contributed by atoms with Crippen molar-refractivity contribution < 1.29 is 13.5 Å².